The van der Waals surface area contributed by atoms with E-state index in [-0.39, 0.29) is 17.9 Å². The third kappa shape index (κ3) is 6.75. The largest absolute Gasteiger partial charge is 0.469 e. The fourth-order valence-corrected chi connectivity index (χ4v) is 2.41. The van der Waals surface area contributed by atoms with E-state index >= 15 is 0 Å². The molecule has 0 radical (unpaired) electrons. The average molecular weight is 280 g/mol. The summed E-state index contributed by atoms with van der Waals surface area (Å²) < 4.78 is 5.29. The van der Waals surface area contributed by atoms with Gasteiger partial charge in [0.2, 0.25) is 5.91 Å². The average Bonchev–Trinajstić information content (AvgIpc) is 2.87. The molecule has 3 N–H and O–H groups in total. The van der Waals surface area contributed by atoms with Gasteiger partial charge in [-0.25, -0.2) is 0 Å². The van der Waals surface area contributed by atoms with Gasteiger partial charge in [0.1, 0.15) is 5.76 Å². The maximum atomic E-state index is 12.0. The van der Waals surface area contributed by atoms with E-state index in [1.54, 1.807) is 6.26 Å². The summed E-state index contributed by atoms with van der Waals surface area (Å²) in [6.07, 6.45) is 4.94. The second-order valence-corrected chi connectivity index (χ2v) is 6.02. The van der Waals surface area contributed by atoms with Crippen molar-refractivity contribution in [3.05, 3.63) is 24.2 Å². The van der Waals surface area contributed by atoms with E-state index in [1.807, 2.05) is 19.1 Å². The Labute approximate surface area is 122 Å². The van der Waals surface area contributed by atoms with Crippen LogP contribution in [0.15, 0.2) is 22.8 Å². The number of nitrogens with one attached hydrogen (secondary N) is 1. The lowest BCUT2D eigenvalue weighted by Gasteiger charge is -2.19. The van der Waals surface area contributed by atoms with E-state index in [0.717, 1.165) is 25.0 Å². The van der Waals surface area contributed by atoms with Gasteiger partial charge in [-0.3, -0.25) is 4.79 Å². The lowest BCUT2D eigenvalue weighted by molar-refractivity contribution is -0.122. The Balaban J connectivity index is 2.26. The van der Waals surface area contributed by atoms with E-state index in [4.69, 9.17) is 10.2 Å². The number of hydrogen-bond donors (Lipinski definition) is 2. The molecule has 0 aliphatic rings. The standard InChI is InChI=1S/C16H28N2O2/c1-12(2)9-14(11-17)10-16(19)18-13(3)6-7-15-5-4-8-20-15/h4-5,8,12-14H,6-7,9-11,17H2,1-3H3,(H,18,19). The molecule has 114 valence electrons. The van der Waals surface area contributed by atoms with E-state index in [2.05, 4.69) is 19.2 Å². The van der Waals surface area contributed by atoms with Crippen LogP contribution in [0.4, 0.5) is 0 Å². The first-order valence-corrected chi connectivity index (χ1v) is 7.53. The molecule has 0 spiro atoms. The minimum absolute atomic E-state index is 0.105. The predicted octanol–water partition coefficient (Wildman–Crippen LogP) is 2.73. The van der Waals surface area contributed by atoms with E-state index in [0.29, 0.717) is 18.9 Å². The van der Waals surface area contributed by atoms with E-state index < -0.39 is 0 Å². The highest BCUT2D eigenvalue weighted by molar-refractivity contribution is 5.76. The first-order chi connectivity index (χ1) is 9.51. The Bertz CT molecular complexity index is 374. The SMILES string of the molecule is CC(C)CC(CN)CC(=O)NC(C)CCc1ccco1. The predicted molar refractivity (Wildman–Crippen MR) is 81.3 cm³/mol. The maximum Gasteiger partial charge on any atom is 0.220 e. The number of rotatable bonds is 9. The zero-order valence-corrected chi connectivity index (χ0v) is 12.9. The molecule has 0 fully saturated rings. The topological polar surface area (TPSA) is 68.3 Å². The molecule has 0 bridgehead atoms. The summed E-state index contributed by atoms with van der Waals surface area (Å²) in [5.41, 5.74) is 5.73. The summed E-state index contributed by atoms with van der Waals surface area (Å²) >= 11 is 0. The Kier molecular flexibility index (Phi) is 7.37. The van der Waals surface area contributed by atoms with E-state index in [9.17, 15) is 4.79 Å². The Morgan fingerprint density at radius 1 is 1.40 bits per heavy atom. The zero-order chi connectivity index (χ0) is 15.0. The van der Waals surface area contributed by atoms with Gasteiger partial charge in [0.25, 0.3) is 0 Å². The van der Waals surface area contributed by atoms with Gasteiger partial charge < -0.3 is 15.5 Å². The van der Waals surface area contributed by atoms with Gasteiger partial charge in [0, 0.05) is 18.9 Å². The Hall–Kier alpha value is -1.29. The summed E-state index contributed by atoms with van der Waals surface area (Å²) in [5, 5.41) is 3.04. The number of amides is 1. The Morgan fingerprint density at radius 2 is 2.15 bits per heavy atom. The van der Waals surface area contributed by atoms with Gasteiger partial charge >= 0.3 is 0 Å². The molecule has 0 aromatic carbocycles. The van der Waals surface area contributed by atoms with Crippen LogP contribution in [0, 0.1) is 11.8 Å². The second-order valence-electron chi connectivity index (χ2n) is 6.02. The quantitative estimate of drug-likeness (QED) is 0.731. The van der Waals surface area contributed by atoms with Crippen molar-refractivity contribution < 1.29 is 9.21 Å². The minimum Gasteiger partial charge on any atom is -0.469 e. The molecule has 2 atom stereocenters. The van der Waals surface area contributed by atoms with Crippen LogP contribution in [0.5, 0.6) is 0 Å². The molecule has 4 nitrogen and oxygen atoms in total. The van der Waals surface area contributed by atoms with Crippen LogP contribution >= 0.6 is 0 Å². The lowest BCUT2D eigenvalue weighted by Crippen LogP contribution is -2.35. The molecule has 4 heteroatoms. The number of aryl methyl sites for hydroxylation is 1. The van der Waals surface area contributed by atoms with Gasteiger partial charge in [-0.1, -0.05) is 13.8 Å². The summed E-state index contributed by atoms with van der Waals surface area (Å²) in [5.74, 6) is 1.93. The molecular weight excluding hydrogens is 252 g/mol. The molecular formula is C16H28N2O2. The fraction of sp³-hybridized carbons (Fsp3) is 0.688. The van der Waals surface area contributed by atoms with Gasteiger partial charge in [-0.05, 0) is 50.3 Å². The van der Waals surface area contributed by atoms with Crippen LogP contribution in [-0.2, 0) is 11.2 Å². The summed E-state index contributed by atoms with van der Waals surface area (Å²) in [6, 6.07) is 4.00. The molecule has 0 saturated heterocycles. The van der Waals surface area contributed by atoms with Gasteiger partial charge in [0.05, 0.1) is 6.26 Å². The molecule has 2 unspecified atom stereocenters. The summed E-state index contributed by atoms with van der Waals surface area (Å²) in [7, 11) is 0. The molecule has 0 aliphatic heterocycles. The molecule has 1 aromatic heterocycles. The van der Waals surface area contributed by atoms with Gasteiger partial charge in [0.15, 0.2) is 0 Å². The molecule has 0 aliphatic carbocycles. The first kappa shape index (κ1) is 16.8. The van der Waals surface area contributed by atoms with Crippen molar-refractivity contribution in [2.24, 2.45) is 17.6 Å². The van der Waals surface area contributed by atoms with Crippen LogP contribution < -0.4 is 11.1 Å². The van der Waals surface area contributed by atoms with Crippen molar-refractivity contribution >= 4 is 5.91 Å². The highest BCUT2D eigenvalue weighted by Gasteiger charge is 2.15. The van der Waals surface area contributed by atoms with E-state index in [1.165, 1.54) is 0 Å². The number of furan rings is 1. The number of carbonyl (C=O) groups is 1. The fourth-order valence-electron chi connectivity index (χ4n) is 2.41. The third-order valence-electron chi connectivity index (χ3n) is 3.42. The third-order valence-corrected chi connectivity index (χ3v) is 3.42. The number of carbonyl (C=O) groups excluding carboxylic acids is 1. The second kappa shape index (κ2) is 8.80. The first-order valence-electron chi connectivity index (χ1n) is 7.53. The van der Waals surface area contributed by atoms with Crippen molar-refractivity contribution in [1.29, 1.82) is 0 Å². The smallest absolute Gasteiger partial charge is 0.220 e. The van der Waals surface area contributed by atoms with Gasteiger partial charge in [-0.2, -0.15) is 0 Å². The van der Waals surface area contributed by atoms with Crippen LogP contribution in [0.1, 0.15) is 45.8 Å². The minimum atomic E-state index is 0.105. The molecule has 1 rings (SSSR count). The summed E-state index contributed by atoms with van der Waals surface area (Å²) in [6.45, 7) is 6.92. The van der Waals surface area contributed by atoms with Crippen molar-refractivity contribution in [2.75, 3.05) is 6.54 Å². The lowest BCUT2D eigenvalue weighted by atomic mass is 9.94. The highest BCUT2D eigenvalue weighted by atomic mass is 16.3. The zero-order valence-electron chi connectivity index (χ0n) is 12.9. The molecule has 1 heterocycles. The van der Waals surface area contributed by atoms with Crippen molar-refractivity contribution in [1.82, 2.24) is 5.32 Å². The molecule has 1 amide bonds. The monoisotopic (exact) mass is 280 g/mol. The van der Waals surface area contributed by atoms with Crippen LogP contribution in [0.3, 0.4) is 0 Å². The number of hydrogen-bond acceptors (Lipinski definition) is 3. The van der Waals surface area contributed by atoms with Crippen molar-refractivity contribution in [3.63, 3.8) is 0 Å². The molecule has 20 heavy (non-hydrogen) atoms. The van der Waals surface area contributed by atoms with Crippen LogP contribution in [0.2, 0.25) is 0 Å². The normalized spacial score (nSPS) is 14.2. The maximum absolute atomic E-state index is 12.0. The van der Waals surface area contributed by atoms with Crippen molar-refractivity contribution in [2.45, 2.75) is 52.5 Å². The van der Waals surface area contributed by atoms with Gasteiger partial charge in [-0.15, -0.1) is 0 Å². The van der Waals surface area contributed by atoms with Crippen LogP contribution in [-0.4, -0.2) is 18.5 Å². The summed E-state index contributed by atoms with van der Waals surface area (Å²) in [4.78, 5) is 12.0. The molecule has 1 aromatic rings. The molecule has 0 saturated carbocycles. The number of nitrogens with two attached hydrogens (primary N) is 1. The Morgan fingerprint density at radius 3 is 2.70 bits per heavy atom. The van der Waals surface area contributed by atoms with Crippen LogP contribution in [0.25, 0.3) is 0 Å². The highest BCUT2D eigenvalue weighted by Crippen LogP contribution is 2.14. The van der Waals surface area contributed by atoms with Crippen molar-refractivity contribution in [3.8, 4) is 0 Å².